The summed E-state index contributed by atoms with van der Waals surface area (Å²) in [5.74, 6) is 1.22. The number of aryl methyl sites for hydroxylation is 1. The van der Waals surface area contributed by atoms with Crippen LogP contribution in [-0.4, -0.2) is 39.5 Å². The molecule has 2 heterocycles. The standard InChI is InChI=1S/C27H26N4O3S2/c1-16-22(18-12-8-5-9-13-18)23(26(33)34-3)25(36-16)28-21(32)15-35-27-30-29-24(31(27)2)20-14-19(20)17-10-6-4-7-11-17/h4-13,19-20H,14-15H2,1-3H3,(H,28,32). The minimum Gasteiger partial charge on any atom is -0.465 e. The molecule has 36 heavy (non-hydrogen) atoms. The number of thioether (sulfide) groups is 1. The molecular formula is C27H26N4O3S2. The van der Waals surface area contributed by atoms with Crippen molar-refractivity contribution in [2.75, 3.05) is 18.2 Å². The van der Waals surface area contributed by atoms with Gasteiger partial charge in [0.1, 0.15) is 16.4 Å². The summed E-state index contributed by atoms with van der Waals surface area (Å²) in [5, 5.41) is 12.8. The molecule has 5 rings (SSSR count). The SMILES string of the molecule is COC(=O)c1c(NC(=O)CSc2nnc(C3CC3c3ccccc3)n2C)sc(C)c1-c1ccccc1. The molecule has 1 aliphatic rings. The molecule has 1 amide bonds. The number of hydrogen-bond acceptors (Lipinski definition) is 7. The molecule has 1 aliphatic carbocycles. The number of carbonyl (C=O) groups is 2. The Morgan fingerprint density at radius 2 is 1.78 bits per heavy atom. The quantitative estimate of drug-likeness (QED) is 0.240. The van der Waals surface area contributed by atoms with Crippen molar-refractivity contribution in [3.8, 4) is 11.1 Å². The van der Waals surface area contributed by atoms with Gasteiger partial charge in [-0.15, -0.1) is 21.5 Å². The van der Waals surface area contributed by atoms with Crippen LogP contribution in [0.25, 0.3) is 11.1 Å². The number of nitrogens with zero attached hydrogens (tertiary/aromatic N) is 3. The number of carbonyl (C=O) groups excluding carboxylic acids is 2. The fourth-order valence-electron chi connectivity index (χ4n) is 4.50. The second-order valence-electron chi connectivity index (χ2n) is 8.69. The molecule has 1 N–H and O–H groups in total. The molecule has 9 heteroatoms. The van der Waals surface area contributed by atoms with Crippen LogP contribution in [0.15, 0.2) is 65.8 Å². The maximum atomic E-state index is 12.9. The fraction of sp³-hybridized carbons (Fsp3) is 0.259. The van der Waals surface area contributed by atoms with Gasteiger partial charge in [-0.25, -0.2) is 4.79 Å². The van der Waals surface area contributed by atoms with E-state index < -0.39 is 5.97 Å². The summed E-state index contributed by atoms with van der Waals surface area (Å²) in [7, 11) is 3.29. The molecule has 7 nitrogen and oxygen atoms in total. The van der Waals surface area contributed by atoms with Crippen molar-refractivity contribution in [1.82, 2.24) is 14.8 Å². The van der Waals surface area contributed by atoms with E-state index in [9.17, 15) is 9.59 Å². The number of ether oxygens (including phenoxy) is 1. The van der Waals surface area contributed by atoms with E-state index >= 15 is 0 Å². The molecule has 184 valence electrons. The van der Waals surface area contributed by atoms with E-state index in [1.807, 2.05) is 54.9 Å². The molecule has 0 spiro atoms. The predicted molar refractivity (Wildman–Crippen MR) is 143 cm³/mol. The highest BCUT2D eigenvalue weighted by Gasteiger charge is 2.43. The average Bonchev–Trinajstić information content (AvgIpc) is 3.51. The maximum Gasteiger partial charge on any atom is 0.341 e. The normalized spacial score (nSPS) is 16.5. The summed E-state index contributed by atoms with van der Waals surface area (Å²) >= 11 is 2.70. The van der Waals surface area contributed by atoms with Crippen molar-refractivity contribution in [2.24, 2.45) is 7.05 Å². The number of aromatic nitrogens is 3. The molecule has 2 unspecified atom stereocenters. The fourth-order valence-corrected chi connectivity index (χ4v) is 6.30. The van der Waals surface area contributed by atoms with Gasteiger partial charge >= 0.3 is 5.97 Å². The maximum absolute atomic E-state index is 12.9. The zero-order valence-electron chi connectivity index (χ0n) is 20.2. The van der Waals surface area contributed by atoms with Crippen LogP contribution in [-0.2, 0) is 16.6 Å². The molecule has 2 aromatic heterocycles. The van der Waals surface area contributed by atoms with E-state index in [1.54, 1.807) is 0 Å². The van der Waals surface area contributed by atoms with Gasteiger partial charge in [0.25, 0.3) is 0 Å². The predicted octanol–water partition coefficient (Wildman–Crippen LogP) is 5.64. The van der Waals surface area contributed by atoms with Crippen molar-refractivity contribution in [1.29, 1.82) is 0 Å². The third-order valence-electron chi connectivity index (χ3n) is 6.34. The van der Waals surface area contributed by atoms with Crippen molar-refractivity contribution in [2.45, 2.75) is 30.3 Å². The van der Waals surface area contributed by atoms with Crippen LogP contribution in [0.5, 0.6) is 0 Å². The van der Waals surface area contributed by atoms with Gasteiger partial charge in [-0.2, -0.15) is 0 Å². The first-order valence-electron chi connectivity index (χ1n) is 11.6. The number of amides is 1. The first-order valence-corrected chi connectivity index (χ1v) is 13.4. The van der Waals surface area contributed by atoms with Gasteiger partial charge in [0, 0.05) is 23.4 Å². The Morgan fingerprint density at radius 3 is 2.47 bits per heavy atom. The Bertz CT molecular complexity index is 1400. The molecule has 1 fully saturated rings. The molecule has 0 aliphatic heterocycles. The molecular weight excluding hydrogens is 492 g/mol. The third-order valence-corrected chi connectivity index (χ3v) is 8.38. The van der Waals surface area contributed by atoms with Crippen molar-refractivity contribution >= 4 is 40.0 Å². The number of thiophene rings is 1. The van der Waals surface area contributed by atoms with Gasteiger partial charge in [0.2, 0.25) is 5.91 Å². The molecule has 2 aromatic carbocycles. The molecule has 1 saturated carbocycles. The van der Waals surface area contributed by atoms with Crippen LogP contribution >= 0.6 is 23.1 Å². The minimum atomic E-state index is -0.475. The lowest BCUT2D eigenvalue weighted by Gasteiger charge is -2.08. The minimum absolute atomic E-state index is 0.150. The van der Waals surface area contributed by atoms with Gasteiger partial charge in [-0.05, 0) is 30.4 Å². The van der Waals surface area contributed by atoms with E-state index in [-0.39, 0.29) is 11.7 Å². The van der Waals surface area contributed by atoms with Crippen LogP contribution in [0.4, 0.5) is 5.00 Å². The zero-order valence-corrected chi connectivity index (χ0v) is 21.9. The number of nitrogens with one attached hydrogen (secondary N) is 1. The largest absolute Gasteiger partial charge is 0.465 e. The first kappa shape index (κ1) is 24.3. The summed E-state index contributed by atoms with van der Waals surface area (Å²) in [6.45, 7) is 1.94. The summed E-state index contributed by atoms with van der Waals surface area (Å²) < 4.78 is 7.02. The van der Waals surface area contributed by atoms with Crippen LogP contribution in [0, 0.1) is 6.92 Å². The van der Waals surface area contributed by atoms with Crippen LogP contribution in [0.1, 0.15) is 44.9 Å². The highest BCUT2D eigenvalue weighted by Crippen LogP contribution is 2.54. The molecule has 0 radical (unpaired) electrons. The number of benzene rings is 2. The molecule has 2 atom stereocenters. The summed E-state index contributed by atoms with van der Waals surface area (Å²) in [6, 6.07) is 20.1. The monoisotopic (exact) mass is 518 g/mol. The Morgan fingerprint density at radius 1 is 1.08 bits per heavy atom. The van der Waals surface area contributed by atoms with Crippen LogP contribution < -0.4 is 5.32 Å². The lowest BCUT2D eigenvalue weighted by atomic mass is 10.0. The van der Waals surface area contributed by atoms with Crippen molar-refractivity contribution in [3.63, 3.8) is 0 Å². The summed E-state index contributed by atoms with van der Waals surface area (Å²) in [5.41, 5.74) is 3.39. The van der Waals surface area contributed by atoms with Gasteiger partial charge in [0.05, 0.1) is 12.9 Å². The summed E-state index contributed by atoms with van der Waals surface area (Å²) in [6.07, 6.45) is 1.05. The zero-order chi connectivity index (χ0) is 25.2. The van der Waals surface area contributed by atoms with Crippen molar-refractivity contribution in [3.05, 3.63) is 82.5 Å². The smallest absolute Gasteiger partial charge is 0.341 e. The number of rotatable bonds is 8. The molecule has 0 saturated heterocycles. The lowest BCUT2D eigenvalue weighted by Crippen LogP contribution is -2.16. The Labute approximate surface area is 217 Å². The number of anilines is 1. The first-order chi connectivity index (χ1) is 17.5. The van der Waals surface area contributed by atoms with Crippen LogP contribution in [0.2, 0.25) is 0 Å². The Hall–Kier alpha value is -3.43. The Balaban J connectivity index is 1.27. The second-order valence-corrected chi connectivity index (χ2v) is 10.9. The highest BCUT2D eigenvalue weighted by atomic mass is 32.2. The highest BCUT2D eigenvalue weighted by molar-refractivity contribution is 7.99. The van der Waals surface area contributed by atoms with Gasteiger partial charge in [-0.1, -0.05) is 72.4 Å². The van der Waals surface area contributed by atoms with Gasteiger partial charge < -0.3 is 14.6 Å². The van der Waals surface area contributed by atoms with Crippen LogP contribution in [0.3, 0.4) is 0 Å². The van der Waals surface area contributed by atoms with E-state index in [4.69, 9.17) is 4.74 Å². The number of hydrogen-bond donors (Lipinski definition) is 1. The van der Waals surface area contributed by atoms with E-state index in [1.165, 1.54) is 35.8 Å². The molecule has 4 aromatic rings. The second kappa shape index (κ2) is 10.3. The topological polar surface area (TPSA) is 86.1 Å². The van der Waals surface area contributed by atoms with E-state index in [2.05, 4.69) is 39.8 Å². The van der Waals surface area contributed by atoms with Gasteiger partial charge in [0.15, 0.2) is 5.16 Å². The number of methoxy groups -OCH3 is 1. The summed E-state index contributed by atoms with van der Waals surface area (Å²) in [4.78, 5) is 26.5. The van der Waals surface area contributed by atoms with E-state index in [0.29, 0.717) is 27.6 Å². The average molecular weight is 519 g/mol. The van der Waals surface area contributed by atoms with Crippen molar-refractivity contribution < 1.29 is 14.3 Å². The Kier molecular flexibility index (Phi) is 6.93. The van der Waals surface area contributed by atoms with E-state index in [0.717, 1.165) is 28.2 Å². The van der Waals surface area contributed by atoms with Gasteiger partial charge in [-0.3, -0.25) is 4.79 Å². The third kappa shape index (κ3) is 4.81. The number of esters is 1. The lowest BCUT2D eigenvalue weighted by molar-refractivity contribution is -0.113. The molecule has 0 bridgehead atoms.